The van der Waals surface area contributed by atoms with Crippen molar-refractivity contribution in [2.45, 2.75) is 43.4 Å². The van der Waals surface area contributed by atoms with Gasteiger partial charge in [-0.1, -0.05) is 35.3 Å². The van der Waals surface area contributed by atoms with E-state index in [9.17, 15) is 9.18 Å². The highest BCUT2D eigenvalue weighted by atomic mass is 35.5. The first kappa shape index (κ1) is 21.9. The Hall–Kier alpha value is -1.94. The van der Waals surface area contributed by atoms with Crippen molar-refractivity contribution in [3.63, 3.8) is 0 Å². The van der Waals surface area contributed by atoms with Crippen LogP contribution >= 0.6 is 23.2 Å². The Balaban J connectivity index is 1.08. The molecule has 1 amide bonds. The molecular weight excluding hydrogens is 458 g/mol. The Morgan fingerprint density at radius 1 is 1.16 bits per heavy atom. The molecule has 7 nitrogen and oxygen atoms in total. The molecule has 170 valence electrons. The van der Waals surface area contributed by atoms with E-state index in [1.807, 2.05) is 24.3 Å². The SMILES string of the molecule is O=C(COc1ccc(Cl)c(F)c1)NC12CC(C1)[C@@H](NC1NNC(c3ccc(Cl)cc3)O1)C2. The van der Waals surface area contributed by atoms with Crippen LogP contribution in [0.15, 0.2) is 42.5 Å². The maximum absolute atomic E-state index is 13.5. The number of halogens is 3. The van der Waals surface area contributed by atoms with Gasteiger partial charge in [0.1, 0.15) is 17.8 Å². The standard InChI is InChI=1S/C22H23Cl2FN4O3/c23-14-3-1-12(2-4-14)20-28-29-21(32-20)26-18-10-22(8-13(18)9-22)27-19(30)11-31-15-5-6-16(24)17(25)7-15/h1-7,13,18,20-21,26,28-29H,8-11H2,(H,27,30)/t13?,18-,20?,21?,22?/m0/s1. The molecule has 6 rings (SSSR count). The summed E-state index contributed by atoms with van der Waals surface area (Å²) in [7, 11) is 0. The molecule has 2 aromatic rings. The number of hydrogen-bond donors (Lipinski definition) is 4. The van der Waals surface area contributed by atoms with Gasteiger partial charge in [-0.2, -0.15) is 0 Å². The van der Waals surface area contributed by atoms with Crippen LogP contribution in [-0.4, -0.2) is 30.4 Å². The summed E-state index contributed by atoms with van der Waals surface area (Å²) >= 11 is 11.6. The molecule has 4 fully saturated rings. The zero-order chi connectivity index (χ0) is 22.3. The first-order valence-electron chi connectivity index (χ1n) is 10.5. The molecule has 0 spiro atoms. The third kappa shape index (κ3) is 4.57. The van der Waals surface area contributed by atoms with E-state index in [0.717, 1.165) is 24.8 Å². The molecule has 10 heteroatoms. The molecule has 3 aliphatic carbocycles. The number of fused-ring (bicyclic) bond motifs is 1. The predicted molar refractivity (Wildman–Crippen MR) is 117 cm³/mol. The van der Waals surface area contributed by atoms with E-state index in [1.165, 1.54) is 18.2 Å². The highest BCUT2D eigenvalue weighted by molar-refractivity contribution is 6.30. The lowest BCUT2D eigenvalue weighted by atomic mass is 9.76. The van der Waals surface area contributed by atoms with E-state index in [2.05, 4.69) is 21.5 Å². The molecule has 2 aromatic carbocycles. The fraction of sp³-hybridized carbons (Fsp3) is 0.409. The summed E-state index contributed by atoms with van der Waals surface area (Å²) in [5.41, 5.74) is 7.00. The summed E-state index contributed by atoms with van der Waals surface area (Å²) in [6, 6.07) is 11.8. The smallest absolute Gasteiger partial charge is 0.258 e. The predicted octanol–water partition coefficient (Wildman–Crippen LogP) is 3.25. The van der Waals surface area contributed by atoms with E-state index < -0.39 is 5.82 Å². The summed E-state index contributed by atoms with van der Waals surface area (Å²) in [5, 5.41) is 7.28. The van der Waals surface area contributed by atoms with Crippen molar-refractivity contribution in [3.8, 4) is 5.75 Å². The van der Waals surface area contributed by atoms with Gasteiger partial charge in [-0.3, -0.25) is 10.1 Å². The summed E-state index contributed by atoms with van der Waals surface area (Å²) in [6.07, 6.45) is 2.02. The molecule has 1 saturated heterocycles. The minimum atomic E-state index is -0.578. The number of carbonyl (C=O) groups excluding carboxylic acids is 1. The molecular formula is C22H23Cl2FN4O3. The van der Waals surface area contributed by atoms with Gasteiger partial charge < -0.3 is 14.8 Å². The monoisotopic (exact) mass is 480 g/mol. The van der Waals surface area contributed by atoms with Crippen LogP contribution in [0.4, 0.5) is 4.39 Å². The van der Waals surface area contributed by atoms with Gasteiger partial charge >= 0.3 is 0 Å². The first-order valence-corrected chi connectivity index (χ1v) is 11.2. The highest BCUT2D eigenvalue weighted by Crippen LogP contribution is 2.52. The van der Waals surface area contributed by atoms with Crippen LogP contribution in [0.3, 0.4) is 0 Å². The number of amides is 1. The van der Waals surface area contributed by atoms with Crippen LogP contribution in [0.5, 0.6) is 5.75 Å². The Labute approximate surface area is 194 Å². The molecule has 3 saturated carbocycles. The number of rotatable bonds is 7. The third-order valence-electron chi connectivity index (χ3n) is 6.31. The fourth-order valence-electron chi connectivity index (χ4n) is 4.81. The van der Waals surface area contributed by atoms with Crippen LogP contribution < -0.4 is 26.2 Å². The molecule has 0 radical (unpaired) electrons. The first-order chi connectivity index (χ1) is 15.4. The van der Waals surface area contributed by atoms with Gasteiger partial charge in [-0.15, -0.1) is 0 Å². The van der Waals surface area contributed by atoms with Crippen molar-refractivity contribution in [1.29, 1.82) is 0 Å². The normalized spacial score (nSPS) is 30.7. The van der Waals surface area contributed by atoms with Crippen LogP contribution in [-0.2, 0) is 9.53 Å². The summed E-state index contributed by atoms with van der Waals surface area (Å²) in [6.45, 7) is -0.175. The zero-order valence-electron chi connectivity index (χ0n) is 17.0. The van der Waals surface area contributed by atoms with Gasteiger partial charge in [0, 0.05) is 22.7 Å². The Kier molecular flexibility index (Phi) is 6.00. The number of carbonyl (C=O) groups is 1. The van der Waals surface area contributed by atoms with Crippen molar-refractivity contribution in [3.05, 3.63) is 63.9 Å². The van der Waals surface area contributed by atoms with Crippen LogP contribution in [0, 0.1) is 11.7 Å². The zero-order valence-corrected chi connectivity index (χ0v) is 18.5. The Morgan fingerprint density at radius 3 is 2.69 bits per heavy atom. The number of nitrogens with one attached hydrogen (secondary N) is 4. The topological polar surface area (TPSA) is 83.7 Å². The number of hydrazine groups is 1. The lowest BCUT2D eigenvalue weighted by molar-refractivity contribution is -0.125. The second-order valence-corrected chi connectivity index (χ2v) is 9.42. The molecule has 1 heterocycles. The van der Waals surface area contributed by atoms with Crippen LogP contribution in [0.25, 0.3) is 0 Å². The number of ether oxygens (including phenoxy) is 2. The maximum atomic E-state index is 13.5. The van der Waals surface area contributed by atoms with Gasteiger partial charge in [0.25, 0.3) is 5.91 Å². The lowest BCUT2D eigenvalue weighted by Crippen LogP contribution is -2.53. The van der Waals surface area contributed by atoms with Crippen molar-refractivity contribution < 1.29 is 18.7 Å². The molecule has 32 heavy (non-hydrogen) atoms. The Bertz CT molecular complexity index is 1000. The van der Waals surface area contributed by atoms with Crippen molar-refractivity contribution in [2.24, 2.45) is 5.92 Å². The van der Waals surface area contributed by atoms with E-state index >= 15 is 0 Å². The molecule has 0 aromatic heterocycles. The minimum absolute atomic E-state index is 0.0149. The molecule has 1 aliphatic heterocycles. The van der Waals surface area contributed by atoms with Crippen molar-refractivity contribution in [2.75, 3.05) is 6.61 Å². The van der Waals surface area contributed by atoms with Crippen LogP contribution in [0.1, 0.15) is 31.1 Å². The van der Waals surface area contributed by atoms with Gasteiger partial charge in [0.2, 0.25) is 0 Å². The highest BCUT2D eigenvalue weighted by Gasteiger charge is 2.57. The second kappa shape index (κ2) is 8.78. The largest absolute Gasteiger partial charge is 0.484 e. The molecule has 4 N–H and O–H groups in total. The summed E-state index contributed by atoms with van der Waals surface area (Å²) in [4.78, 5) is 12.4. The lowest BCUT2D eigenvalue weighted by Gasteiger charge is -2.39. The molecule has 3 atom stereocenters. The van der Waals surface area contributed by atoms with Crippen molar-refractivity contribution in [1.82, 2.24) is 21.5 Å². The van der Waals surface area contributed by atoms with E-state index in [0.29, 0.717) is 10.9 Å². The van der Waals surface area contributed by atoms with Gasteiger partial charge in [-0.05, 0) is 55.0 Å². The summed E-state index contributed by atoms with van der Waals surface area (Å²) < 4.78 is 24.9. The molecule has 2 bridgehead atoms. The summed E-state index contributed by atoms with van der Waals surface area (Å²) in [5.74, 6) is -0.0600. The van der Waals surface area contributed by atoms with Gasteiger partial charge in [0.05, 0.1) is 5.02 Å². The van der Waals surface area contributed by atoms with Gasteiger partial charge in [-0.25, -0.2) is 15.2 Å². The third-order valence-corrected chi connectivity index (χ3v) is 6.87. The Morgan fingerprint density at radius 2 is 1.94 bits per heavy atom. The second-order valence-electron chi connectivity index (χ2n) is 8.58. The van der Waals surface area contributed by atoms with Gasteiger partial charge in [0.15, 0.2) is 13.0 Å². The number of benzene rings is 2. The van der Waals surface area contributed by atoms with Crippen LogP contribution in [0.2, 0.25) is 10.0 Å². The van der Waals surface area contributed by atoms with E-state index in [4.69, 9.17) is 32.7 Å². The van der Waals surface area contributed by atoms with E-state index in [1.54, 1.807) is 0 Å². The van der Waals surface area contributed by atoms with E-state index in [-0.39, 0.29) is 47.4 Å². The fourth-order valence-corrected chi connectivity index (χ4v) is 5.05. The average molecular weight is 481 g/mol. The maximum Gasteiger partial charge on any atom is 0.258 e. The minimum Gasteiger partial charge on any atom is -0.484 e. The quantitative estimate of drug-likeness (QED) is 0.486. The molecule has 2 unspecified atom stereocenters. The number of hydrogen-bond acceptors (Lipinski definition) is 6. The molecule has 4 aliphatic rings. The average Bonchev–Trinajstić information content (AvgIpc) is 3.43. The van der Waals surface area contributed by atoms with Crippen molar-refractivity contribution >= 4 is 29.1 Å².